The van der Waals surface area contributed by atoms with E-state index in [1.54, 1.807) is 12.1 Å². The molecule has 5 heteroatoms. The molecule has 0 saturated heterocycles. The molecule has 1 fully saturated rings. The summed E-state index contributed by atoms with van der Waals surface area (Å²) in [7, 11) is -3.72. The second-order valence-corrected chi connectivity index (χ2v) is 7.16. The fourth-order valence-electron chi connectivity index (χ4n) is 3.23. The molecule has 112 valence electrons. The first kappa shape index (κ1) is 14.4. The lowest BCUT2D eigenvalue weighted by Gasteiger charge is -2.26. The van der Waals surface area contributed by atoms with Gasteiger partial charge in [0.1, 0.15) is 0 Å². The SMILES string of the molecule is NS(=O)(=O)c1ccccc1-c1cccn1C1CCCCC1. The van der Waals surface area contributed by atoms with Crippen LogP contribution in [0, 0.1) is 0 Å². The van der Waals surface area contributed by atoms with Gasteiger partial charge in [0, 0.05) is 23.5 Å². The molecule has 1 aliphatic rings. The molecule has 0 unspecified atom stereocenters. The summed E-state index contributed by atoms with van der Waals surface area (Å²) in [4.78, 5) is 0.195. The van der Waals surface area contributed by atoms with Crippen LogP contribution >= 0.6 is 0 Å². The lowest BCUT2D eigenvalue weighted by molar-refractivity contribution is 0.356. The van der Waals surface area contributed by atoms with Crippen molar-refractivity contribution in [1.82, 2.24) is 4.57 Å². The number of benzene rings is 1. The molecular weight excluding hydrogens is 284 g/mol. The van der Waals surface area contributed by atoms with Gasteiger partial charge in [0.15, 0.2) is 0 Å². The smallest absolute Gasteiger partial charge is 0.238 e. The van der Waals surface area contributed by atoms with Gasteiger partial charge in [0.05, 0.1) is 4.90 Å². The largest absolute Gasteiger partial charge is 0.344 e. The van der Waals surface area contributed by atoms with Gasteiger partial charge in [0.2, 0.25) is 10.0 Å². The van der Waals surface area contributed by atoms with Crippen molar-refractivity contribution in [1.29, 1.82) is 0 Å². The Morgan fingerprint density at radius 1 is 1.00 bits per heavy atom. The van der Waals surface area contributed by atoms with E-state index in [4.69, 9.17) is 5.14 Å². The second-order valence-electron chi connectivity index (χ2n) is 5.63. The van der Waals surface area contributed by atoms with Gasteiger partial charge in [-0.05, 0) is 31.0 Å². The zero-order valence-electron chi connectivity index (χ0n) is 11.9. The van der Waals surface area contributed by atoms with E-state index in [2.05, 4.69) is 4.57 Å². The van der Waals surface area contributed by atoms with Crippen molar-refractivity contribution < 1.29 is 8.42 Å². The van der Waals surface area contributed by atoms with Gasteiger partial charge >= 0.3 is 0 Å². The Balaban J connectivity index is 2.08. The van der Waals surface area contributed by atoms with Gasteiger partial charge in [0.25, 0.3) is 0 Å². The van der Waals surface area contributed by atoms with Gasteiger partial charge in [-0.25, -0.2) is 13.6 Å². The molecule has 0 atom stereocenters. The Labute approximate surface area is 125 Å². The van der Waals surface area contributed by atoms with Crippen LogP contribution in [0.3, 0.4) is 0 Å². The predicted molar refractivity (Wildman–Crippen MR) is 83.4 cm³/mol. The number of primary sulfonamides is 1. The van der Waals surface area contributed by atoms with E-state index >= 15 is 0 Å². The third kappa shape index (κ3) is 2.89. The van der Waals surface area contributed by atoms with Gasteiger partial charge in [-0.2, -0.15) is 0 Å². The van der Waals surface area contributed by atoms with Gasteiger partial charge < -0.3 is 4.57 Å². The zero-order chi connectivity index (χ0) is 14.9. The third-order valence-corrected chi connectivity index (χ3v) is 5.19. The number of nitrogens with two attached hydrogens (primary N) is 1. The second kappa shape index (κ2) is 5.66. The van der Waals surface area contributed by atoms with E-state index < -0.39 is 10.0 Å². The van der Waals surface area contributed by atoms with Crippen LogP contribution in [0.25, 0.3) is 11.3 Å². The number of rotatable bonds is 3. The fraction of sp³-hybridized carbons (Fsp3) is 0.375. The van der Waals surface area contributed by atoms with Crippen molar-refractivity contribution >= 4 is 10.0 Å². The number of nitrogens with zero attached hydrogens (tertiary/aromatic N) is 1. The van der Waals surface area contributed by atoms with Crippen molar-refractivity contribution in [3.05, 3.63) is 42.6 Å². The summed E-state index contributed by atoms with van der Waals surface area (Å²) < 4.78 is 25.8. The highest BCUT2D eigenvalue weighted by molar-refractivity contribution is 7.89. The molecule has 0 bridgehead atoms. The molecule has 1 saturated carbocycles. The van der Waals surface area contributed by atoms with Crippen LogP contribution in [0.1, 0.15) is 38.1 Å². The minimum atomic E-state index is -3.72. The van der Waals surface area contributed by atoms with Crippen LogP contribution in [0.5, 0.6) is 0 Å². The molecule has 1 heterocycles. The molecule has 4 nitrogen and oxygen atoms in total. The fourth-order valence-corrected chi connectivity index (χ4v) is 3.97. The Kier molecular flexibility index (Phi) is 3.87. The predicted octanol–water partition coefficient (Wildman–Crippen LogP) is 3.31. The summed E-state index contributed by atoms with van der Waals surface area (Å²) in [5.74, 6) is 0. The third-order valence-electron chi connectivity index (χ3n) is 4.22. The minimum Gasteiger partial charge on any atom is -0.344 e. The maximum atomic E-state index is 11.8. The van der Waals surface area contributed by atoms with E-state index in [-0.39, 0.29) is 4.90 Å². The van der Waals surface area contributed by atoms with E-state index in [9.17, 15) is 8.42 Å². The van der Waals surface area contributed by atoms with Crippen LogP contribution in [0.15, 0.2) is 47.5 Å². The molecule has 1 aromatic heterocycles. The van der Waals surface area contributed by atoms with Crippen molar-refractivity contribution in [3.63, 3.8) is 0 Å². The molecule has 0 amide bonds. The average molecular weight is 304 g/mol. The molecule has 3 rings (SSSR count). The topological polar surface area (TPSA) is 65.1 Å². The Morgan fingerprint density at radius 3 is 2.43 bits per heavy atom. The number of hydrogen-bond acceptors (Lipinski definition) is 2. The average Bonchev–Trinajstić information content (AvgIpc) is 2.96. The van der Waals surface area contributed by atoms with Crippen molar-refractivity contribution in [3.8, 4) is 11.3 Å². The van der Waals surface area contributed by atoms with Crippen LogP contribution in [-0.4, -0.2) is 13.0 Å². The molecule has 0 spiro atoms. The van der Waals surface area contributed by atoms with Crippen LogP contribution in [-0.2, 0) is 10.0 Å². The normalized spacial score (nSPS) is 17.0. The number of aromatic nitrogens is 1. The van der Waals surface area contributed by atoms with E-state index in [0.29, 0.717) is 11.6 Å². The van der Waals surface area contributed by atoms with E-state index in [0.717, 1.165) is 18.5 Å². The number of hydrogen-bond donors (Lipinski definition) is 1. The number of sulfonamides is 1. The monoisotopic (exact) mass is 304 g/mol. The molecule has 0 aliphatic heterocycles. The summed E-state index contributed by atoms with van der Waals surface area (Å²) in [6.07, 6.45) is 8.11. The lowest BCUT2D eigenvalue weighted by atomic mass is 9.95. The summed E-state index contributed by atoms with van der Waals surface area (Å²) in [6.45, 7) is 0. The van der Waals surface area contributed by atoms with Crippen molar-refractivity contribution in [2.75, 3.05) is 0 Å². The minimum absolute atomic E-state index is 0.195. The summed E-state index contributed by atoms with van der Waals surface area (Å²) in [6, 6.07) is 11.4. The molecule has 1 aromatic carbocycles. The van der Waals surface area contributed by atoms with E-state index in [1.807, 2.05) is 30.5 Å². The summed E-state index contributed by atoms with van der Waals surface area (Å²) in [5, 5.41) is 5.36. The molecule has 2 N–H and O–H groups in total. The Bertz CT molecular complexity index is 728. The first-order chi connectivity index (χ1) is 10.1. The highest BCUT2D eigenvalue weighted by Crippen LogP contribution is 2.34. The highest BCUT2D eigenvalue weighted by atomic mass is 32.2. The molecular formula is C16H20N2O2S. The van der Waals surface area contributed by atoms with Crippen LogP contribution < -0.4 is 5.14 Å². The first-order valence-corrected chi connectivity index (χ1v) is 8.91. The first-order valence-electron chi connectivity index (χ1n) is 7.36. The summed E-state index contributed by atoms with van der Waals surface area (Å²) in [5.41, 5.74) is 1.63. The van der Waals surface area contributed by atoms with E-state index in [1.165, 1.54) is 19.3 Å². The molecule has 1 aliphatic carbocycles. The maximum Gasteiger partial charge on any atom is 0.238 e. The van der Waals surface area contributed by atoms with Crippen LogP contribution in [0.2, 0.25) is 0 Å². The Morgan fingerprint density at radius 2 is 1.71 bits per heavy atom. The molecule has 21 heavy (non-hydrogen) atoms. The quantitative estimate of drug-likeness (QED) is 0.945. The lowest BCUT2D eigenvalue weighted by Crippen LogP contribution is -2.16. The Hall–Kier alpha value is -1.59. The van der Waals surface area contributed by atoms with Crippen molar-refractivity contribution in [2.24, 2.45) is 5.14 Å². The standard InChI is InChI=1S/C16H20N2O2S/c17-21(19,20)16-11-5-4-9-14(16)15-10-6-12-18(15)13-7-2-1-3-8-13/h4-6,9-13H,1-3,7-8H2,(H2,17,19,20). The van der Waals surface area contributed by atoms with Crippen molar-refractivity contribution in [2.45, 2.75) is 43.0 Å². The van der Waals surface area contributed by atoms with Gasteiger partial charge in [-0.1, -0.05) is 37.5 Å². The van der Waals surface area contributed by atoms with Gasteiger partial charge in [-0.3, -0.25) is 0 Å². The van der Waals surface area contributed by atoms with Gasteiger partial charge in [-0.15, -0.1) is 0 Å². The highest BCUT2D eigenvalue weighted by Gasteiger charge is 2.21. The summed E-state index contributed by atoms with van der Waals surface area (Å²) >= 11 is 0. The molecule has 2 aromatic rings. The molecule has 0 radical (unpaired) electrons. The zero-order valence-corrected chi connectivity index (χ0v) is 12.7. The van der Waals surface area contributed by atoms with Crippen LogP contribution in [0.4, 0.5) is 0 Å². The maximum absolute atomic E-state index is 11.8.